The third-order valence-corrected chi connectivity index (χ3v) is 5.34. The molecule has 136 valence electrons. The molecule has 0 aromatic heterocycles. The first-order valence-corrected chi connectivity index (χ1v) is 8.74. The lowest BCUT2D eigenvalue weighted by Gasteiger charge is -2.38. The highest BCUT2D eigenvalue weighted by molar-refractivity contribution is 5.67. The number of carbonyl (C=O) groups excluding carboxylic acids is 2. The van der Waals surface area contributed by atoms with Gasteiger partial charge in [0, 0.05) is 19.3 Å². The van der Waals surface area contributed by atoms with Crippen LogP contribution in [-0.2, 0) is 23.8 Å². The van der Waals surface area contributed by atoms with Gasteiger partial charge in [-0.3, -0.25) is 9.59 Å². The Labute approximate surface area is 144 Å². The molecule has 0 saturated carbocycles. The van der Waals surface area contributed by atoms with Crippen LogP contribution in [0.3, 0.4) is 0 Å². The van der Waals surface area contributed by atoms with Crippen molar-refractivity contribution in [1.29, 1.82) is 0 Å². The molecule has 5 nitrogen and oxygen atoms in total. The van der Waals surface area contributed by atoms with E-state index in [1.165, 1.54) is 13.8 Å². The van der Waals surface area contributed by atoms with Crippen LogP contribution in [0.4, 0.5) is 0 Å². The first kappa shape index (κ1) is 19.0. The number of fused-ring (bicyclic) bond motifs is 1. The van der Waals surface area contributed by atoms with E-state index in [1.807, 2.05) is 26.8 Å². The molecule has 1 aliphatic carbocycles. The van der Waals surface area contributed by atoms with E-state index in [-0.39, 0.29) is 29.7 Å². The second-order valence-corrected chi connectivity index (χ2v) is 7.96. The van der Waals surface area contributed by atoms with Crippen molar-refractivity contribution < 1.29 is 23.8 Å². The molecule has 0 spiro atoms. The molecule has 1 saturated heterocycles. The van der Waals surface area contributed by atoms with Gasteiger partial charge >= 0.3 is 11.9 Å². The van der Waals surface area contributed by atoms with Gasteiger partial charge in [0.05, 0.1) is 11.7 Å². The molecule has 5 heteroatoms. The molecule has 2 rings (SSSR count). The molecule has 0 aromatic carbocycles. The smallest absolute Gasteiger partial charge is 0.303 e. The van der Waals surface area contributed by atoms with Crippen molar-refractivity contribution >= 4 is 11.9 Å². The third kappa shape index (κ3) is 4.38. The maximum Gasteiger partial charge on any atom is 0.303 e. The highest BCUT2D eigenvalue weighted by Gasteiger charge is 2.52. The molecule has 1 aliphatic heterocycles. The summed E-state index contributed by atoms with van der Waals surface area (Å²) in [4.78, 5) is 23.2. The molecule has 1 heterocycles. The van der Waals surface area contributed by atoms with E-state index in [0.29, 0.717) is 6.42 Å². The molecule has 4 atom stereocenters. The van der Waals surface area contributed by atoms with Crippen molar-refractivity contribution in [1.82, 2.24) is 0 Å². The average molecular weight is 338 g/mol. The van der Waals surface area contributed by atoms with Crippen LogP contribution in [0.15, 0.2) is 11.6 Å². The zero-order valence-electron chi connectivity index (χ0n) is 15.7. The fraction of sp³-hybridized carbons (Fsp3) is 0.789. The summed E-state index contributed by atoms with van der Waals surface area (Å²) in [6.07, 6.45) is 4.87. The maximum atomic E-state index is 11.6. The van der Waals surface area contributed by atoms with Gasteiger partial charge in [0.1, 0.15) is 12.2 Å². The van der Waals surface area contributed by atoms with Crippen LogP contribution in [0.2, 0.25) is 0 Å². The van der Waals surface area contributed by atoms with Crippen molar-refractivity contribution in [2.75, 3.05) is 0 Å². The van der Waals surface area contributed by atoms with Gasteiger partial charge in [-0.25, -0.2) is 0 Å². The number of hydrogen-bond acceptors (Lipinski definition) is 5. The molecule has 24 heavy (non-hydrogen) atoms. The van der Waals surface area contributed by atoms with Gasteiger partial charge in [-0.15, -0.1) is 0 Å². The standard InChI is InChI=1S/C19H30O5/c1-12-7-8-16-19(6,24-16)10-9-15(22-13(2)20)18(4,5)17(11-12)23-14(3)21/h11,15-17H,7-10H2,1-6H3/b12-11-/t15-,16-,17-,19-/m0/s1. The van der Waals surface area contributed by atoms with Crippen LogP contribution in [-0.4, -0.2) is 35.9 Å². The number of rotatable bonds is 2. The van der Waals surface area contributed by atoms with Gasteiger partial charge in [0.2, 0.25) is 0 Å². The summed E-state index contributed by atoms with van der Waals surface area (Å²) >= 11 is 0. The van der Waals surface area contributed by atoms with Crippen molar-refractivity contribution in [3.8, 4) is 0 Å². The number of allylic oxidation sites excluding steroid dienone is 1. The van der Waals surface area contributed by atoms with Gasteiger partial charge in [-0.1, -0.05) is 19.4 Å². The Morgan fingerprint density at radius 1 is 1.12 bits per heavy atom. The highest BCUT2D eigenvalue weighted by atomic mass is 16.6. The second-order valence-electron chi connectivity index (χ2n) is 7.96. The normalized spacial score (nSPS) is 37.9. The van der Waals surface area contributed by atoms with Gasteiger partial charge < -0.3 is 14.2 Å². The van der Waals surface area contributed by atoms with Crippen LogP contribution in [0.25, 0.3) is 0 Å². The fourth-order valence-corrected chi connectivity index (χ4v) is 3.54. The lowest BCUT2D eigenvalue weighted by Crippen LogP contribution is -2.44. The van der Waals surface area contributed by atoms with E-state index in [9.17, 15) is 9.59 Å². The minimum Gasteiger partial charge on any atom is -0.462 e. The third-order valence-electron chi connectivity index (χ3n) is 5.34. The van der Waals surface area contributed by atoms with Gasteiger partial charge in [-0.05, 0) is 45.6 Å². The Bertz CT molecular complexity index is 536. The van der Waals surface area contributed by atoms with Crippen molar-refractivity contribution in [3.05, 3.63) is 11.6 Å². The van der Waals surface area contributed by atoms with E-state index in [1.54, 1.807) is 0 Å². The summed E-state index contributed by atoms with van der Waals surface area (Å²) in [5.41, 5.74) is 0.510. The minimum atomic E-state index is -0.524. The van der Waals surface area contributed by atoms with E-state index < -0.39 is 11.5 Å². The highest BCUT2D eigenvalue weighted by Crippen LogP contribution is 2.46. The molecule has 0 unspecified atom stereocenters. The lowest BCUT2D eigenvalue weighted by atomic mass is 9.77. The SMILES string of the molecule is CC(=O)O[C@H]1/C=C(/C)CC[C@@H]2O[C@@]2(C)CC[C@H](OC(C)=O)C1(C)C. The number of hydrogen-bond donors (Lipinski definition) is 0. The van der Waals surface area contributed by atoms with Crippen LogP contribution < -0.4 is 0 Å². The Balaban J connectivity index is 2.34. The molecule has 0 aromatic rings. The maximum absolute atomic E-state index is 11.6. The molecule has 0 amide bonds. The summed E-state index contributed by atoms with van der Waals surface area (Å²) in [7, 11) is 0. The van der Waals surface area contributed by atoms with Crippen LogP contribution in [0, 0.1) is 5.41 Å². The van der Waals surface area contributed by atoms with E-state index >= 15 is 0 Å². The Morgan fingerprint density at radius 3 is 2.33 bits per heavy atom. The second kappa shape index (κ2) is 6.87. The Kier molecular flexibility index (Phi) is 5.43. The summed E-state index contributed by atoms with van der Waals surface area (Å²) in [5.74, 6) is -0.643. The van der Waals surface area contributed by atoms with Gasteiger partial charge in [0.25, 0.3) is 0 Å². The summed E-state index contributed by atoms with van der Waals surface area (Å²) in [6.45, 7) is 11.0. The topological polar surface area (TPSA) is 65.1 Å². The summed E-state index contributed by atoms with van der Waals surface area (Å²) in [5, 5.41) is 0. The predicted octanol–water partition coefficient (Wildman–Crippen LogP) is 3.55. The molecule has 2 aliphatic rings. The summed E-state index contributed by atoms with van der Waals surface area (Å²) < 4.78 is 17.1. The fourth-order valence-electron chi connectivity index (χ4n) is 3.54. The van der Waals surface area contributed by atoms with Gasteiger partial charge in [0.15, 0.2) is 0 Å². The number of ether oxygens (including phenoxy) is 3. The zero-order valence-corrected chi connectivity index (χ0v) is 15.7. The van der Waals surface area contributed by atoms with E-state index in [4.69, 9.17) is 14.2 Å². The van der Waals surface area contributed by atoms with E-state index in [2.05, 4.69) is 6.92 Å². The molecule has 1 fully saturated rings. The molecular formula is C19H30O5. The first-order valence-electron chi connectivity index (χ1n) is 8.74. The Morgan fingerprint density at radius 2 is 1.75 bits per heavy atom. The van der Waals surface area contributed by atoms with Crippen LogP contribution in [0.1, 0.15) is 67.2 Å². The lowest BCUT2D eigenvalue weighted by molar-refractivity contribution is -0.165. The predicted molar refractivity (Wildman–Crippen MR) is 90.4 cm³/mol. The molecule has 0 N–H and O–H groups in total. The average Bonchev–Trinajstić information content (AvgIpc) is 3.10. The number of carbonyl (C=O) groups is 2. The van der Waals surface area contributed by atoms with Crippen molar-refractivity contribution in [2.24, 2.45) is 5.41 Å². The number of epoxide rings is 1. The zero-order chi connectivity index (χ0) is 18.1. The summed E-state index contributed by atoms with van der Waals surface area (Å²) in [6, 6.07) is 0. The minimum absolute atomic E-state index is 0.129. The molecule has 0 radical (unpaired) electrons. The van der Waals surface area contributed by atoms with Crippen molar-refractivity contribution in [2.45, 2.75) is 91.1 Å². The van der Waals surface area contributed by atoms with Crippen LogP contribution >= 0.6 is 0 Å². The largest absolute Gasteiger partial charge is 0.462 e. The quantitative estimate of drug-likeness (QED) is 0.438. The monoisotopic (exact) mass is 338 g/mol. The Hall–Kier alpha value is -1.36. The van der Waals surface area contributed by atoms with Gasteiger partial charge in [-0.2, -0.15) is 0 Å². The number of esters is 2. The molecular weight excluding hydrogens is 308 g/mol. The first-order chi connectivity index (χ1) is 11.0. The van der Waals surface area contributed by atoms with Crippen LogP contribution in [0.5, 0.6) is 0 Å². The van der Waals surface area contributed by atoms with Crippen molar-refractivity contribution in [3.63, 3.8) is 0 Å². The molecule has 0 bridgehead atoms. The van der Waals surface area contributed by atoms with E-state index in [0.717, 1.165) is 24.8 Å².